The van der Waals surface area contributed by atoms with Crippen LogP contribution < -0.4 is 10.6 Å². The number of pyridine rings is 1. The molecule has 0 aliphatic rings. The Labute approximate surface area is 97.8 Å². The van der Waals surface area contributed by atoms with Crippen molar-refractivity contribution in [1.82, 2.24) is 10.3 Å². The summed E-state index contributed by atoms with van der Waals surface area (Å²) in [6.45, 7) is 0.719. The molecule has 7 nitrogen and oxygen atoms in total. The predicted molar refractivity (Wildman–Crippen MR) is 60.1 cm³/mol. The quantitative estimate of drug-likeness (QED) is 0.651. The number of carbonyl (C=O) groups is 2. The van der Waals surface area contributed by atoms with Crippen LogP contribution in [0.25, 0.3) is 0 Å². The number of rotatable bonds is 5. The van der Waals surface area contributed by atoms with Gasteiger partial charge >= 0.3 is 12.0 Å². The van der Waals surface area contributed by atoms with Crippen molar-refractivity contribution in [1.29, 1.82) is 0 Å². The molecule has 1 heterocycles. The van der Waals surface area contributed by atoms with Gasteiger partial charge in [0.15, 0.2) is 5.69 Å². The number of methoxy groups -OCH3 is 1. The minimum Gasteiger partial charge on any atom is -0.476 e. The van der Waals surface area contributed by atoms with E-state index in [9.17, 15) is 9.59 Å². The Kier molecular flexibility index (Phi) is 4.89. The molecule has 0 spiro atoms. The van der Waals surface area contributed by atoms with Crippen molar-refractivity contribution in [3.05, 3.63) is 24.0 Å². The highest BCUT2D eigenvalue weighted by molar-refractivity contribution is 5.98. The summed E-state index contributed by atoms with van der Waals surface area (Å²) in [6.07, 6.45) is 1.34. The first-order valence-corrected chi connectivity index (χ1v) is 4.87. The van der Waals surface area contributed by atoms with Crippen LogP contribution in [-0.2, 0) is 4.74 Å². The molecule has 3 N–H and O–H groups in total. The Morgan fingerprint density at radius 3 is 2.94 bits per heavy atom. The lowest BCUT2D eigenvalue weighted by Gasteiger charge is -2.08. The Morgan fingerprint density at radius 1 is 1.53 bits per heavy atom. The van der Waals surface area contributed by atoms with Crippen LogP contribution in [0.3, 0.4) is 0 Å². The molecule has 0 aromatic carbocycles. The summed E-state index contributed by atoms with van der Waals surface area (Å²) in [6, 6.07) is 2.50. The molecule has 0 radical (unpaired) electrons. The molecule has 0 unspecified atom stereocenters. The molecular formula is C10H13N3O4. The number of urea groups is 1. The molecule has 1 aromatic heterocycles. The number of amides is 2. The maximum atomic E-state index is 11.4. The van der Waals surface area contributed by atoms with Crippen molar-refractivity contribution in [2.75, 3.05) is 25.6 Å². The molecule has 92 valence electrons. The molecule has 0 fully saturated rings. The summed E-state index contributed by atoms with van der Waals surface area (Å²) < 4.78 is 4.76. The van der Waals surface area contributed by atoms with E-state index in [0.717, 1.165) is 0 Å². The monoisotopic (exact) mass is 239 g/mol. The maximum absolute atomic E-state index is 11.4. The van der Waals surface area contributed by atoms with Crippen LogP contribution in [0, 0.1) is 0 Å². The number of aromatic carboxylic acids is 1. The van der Waals surface area contributed by atoms with E-state index in [4.69, 9.17) is 9.84 Å². The average Bonchev–Trinajstić information content (AvgIpc) is 2.29. The highest BCUT2D eigenvalue weighted by atomic mass is 16.5. The van der Waals surface area contributed by atoms with Gasteiger partial charge in [0.1, 0.15) is 0 Å². The minimum absolute atomic E-state index is 0.148. The molecule has 0 aliphatic carbocycles. The molecule has 0 saturated heterocycles. The van der Waals surface area contributed by atoms with Gasteiger partial charge in [0.2, 0.25) is 0 Å². The number of nitrogens with zero attached hydrogens (tertiary/aromatic N) is 1. The lowest BCUT2D eigenvalue weighted by atomic mass is 10.3. The number of hydrogen-bond donors (Lipinski definition) is 3. The molecule has 1 rings (SSSR count). The normalized spacial score (nSPS) is 9.71. The summed E-state index contributed by atoms with van der Waals surface area (Å²) in [5.74, 6) is -1.20. The largest absolute Gasteiger partial charge is 0.476 e. The zero-order chi connectivity index (χ0) is 12.7. The smallest absolute Gasteiger partial charge is 0.356 e. The third-order valence-electron chi connectivity index (χ3n) is 1.85. The van der Waals surface area contributed by atoms with Crippen molar-refractivity contribution < 1.29 is 19.4 Å². The average molecular weight is 239 g/mol. The van der Waals surface area contributed by atoms with Crippen molar-refractivity contribution in [2.45, 2.75) is 0 Å². The van der Waals surface area contributed by atoms with Crippen LogP contribution in [-0.4, -0.2) is 42.4 Å². The van der Waals surface area contributed by atoms with Gasteiger partial charge in [-0.15, -0.1) is 0 Å². The molecule has 0 bridgehead atoms. The second kappa shape index (κ2) is 6.44. The molecule has 0 atom stereocenters. The standard InChI is InChI=1S/C10H13N3O4/c1-17-6-5-12-10(16)13-7-3-2-4-11-8(7)9(14)15/h2-4H,5-6H2,1H3,(H,14,15)(H2,12,13,16). The van der Waals surface area contributed by atoms with Gasteiger partial charge in [-0.25, -0.2) is 14.6 Å². The van der Waals surface area contributed by atoms with E-state index in [0.29, 0.717) is 13.2 Å². The van der Waals surface area contributed by atoms with Gasteiger partial charge < -0.3 is 20.5 Å². The molecule has 0 aliphatic heterocycles. The van der Waals surface area contributed by atoms with Gasteiger partial charge in [0.25, 0.3) is 0 Å². The van der Waals surface area contributed by atoms with E-state index in [1.165, 1.54) is 25.4 Å². The maximum Gasteiger partial charge on any atom is 0.356 e. The number of anilines is 1. The molecule has 7 heteroatoms. The van der Waals surface area contributed by atoms with E-state index in [2.05, 4.69) is 15.6 Å². The first kappa shape index (κ1) is 12.9. The van der Waals surface area contributed by atoms with Crippen molar-refractivity contribution >= 4 is 17.7 Å². The number of nitrogens with one attached hydrogen (secondary N) is 2. The van der Waals surface area contributed by atoms with E-state index < -0.39 is 12.0 Å². The predicted octanol–water partition coefficient (Wildman–Crippen LogP) is 0.548. The molecule has 17 heavy (non-hydrogen) atoms. The first-order chi connectivity index (χ1) is 8.15. The first-order valence-electron chi connectivity index (χ1n) is 4.87. The number of carboxylic acids is 1. The highest BCUT2D eigenvalue weighted by Gasteiger charge is 2.12. The third kappa shape index (κ3) is 4.07. The Bertz CT molecular complexity index is 408. The van der Waals surface area contributed by atoms with Crippen LogP contribution in [0.2, 0.25) is 0 Å². The number of aromatic nitrogens is 1. The number of hydrogen-bond acceptors (Lipinski definition) is 4. The van der Waals surface area contributed by atoms with E-state index in [1.54, 1.807) is 0 Å². The van der Waals surface area contributed by atoms with Gasteiger partial charge in [-0.05, 0) is 12.1 Å². The zero-order valence-electron chi connectivity index (χ0n) is 9.27. The van der Waals surface area contributed by atoms with Crippen molar-refractivity contribution in [3.8, 4) is 0 Å². The van der Waals surface area contributed by atoms with Crippen LogP contribution in [0.1, 0.15) is 10.5 Å². The summed E-state index contributed by atoms with van der Waals surface area (Å²) in [4.78, 5) is 25.8. The van der Waals surface area contributed by atoms with Crippen LogP contribution in [0.15, 0.2) is 18.3 Å². The van der Waals surface area contributed by atoms with Gasteiger partial charge in [0, 0.05) is 19.9 Å². The van der Waals surface area contributed by atoms with Crippen molar-refractivity contribution in [3.63, 3.8) is 0 Å². The Balaban J connectivity index is 2.61. The fourth-order valence-electron chi connectivity index (χ4n) is 1.11. The SMILES string of the molecule is COCCNC(=O)Nc1cccnc1C(=O)O. The number of ether oxygens (including phenoxy) is 1. The van der Waals surface area contributed by atoms with Crippen LogP contribution >= 0.6 is 0 Å². The van der Waals surface area contributed by atoms with Gasteiger partial charge in [-0.3, -0.25) is 0 Å². The lowest BCUT2D eigenvalue weighted by molar-refractivity contribution is 0.0691. The van der Waals surface area contributed by atoms with E-state index in [-0.39, 0.29) is 11.4 Å². The Morgan fingerprint density at radius 2 is 2.29 bits per heavy atom. The van der Waals surface area contributed by atoms with Gasteiger partial charge in [0.05, 0.1) is 12.3 Å². The summed E-state index contributed by atoms with van der Waals surface area (Å²) in [7, 11) is 1.52. The Hall–Kier alpha value is -2.15. The number of carbonyl (C=O) groups excluding carboxylic acids is 1. The zero-order valence-corrected chi connectivity index (χ0v) is 9.27. The second-order valence-corrected chi connectivity index (χ2v) is 3.08. The molecule has 2 amide bonds. The summed E-state index contributed by atoms with van der Waals surface area (Å²) in [5, 5.41) is 13.7. The fourth-order valence-corrected chi connectivity index (χ4v) is 1.11. The van der Waals surface area contributed by atoms with Crippen molar-refractivity contribution in [2.24, 2.45) is 0 Å². The minimum atomic E-state index is -1.20. The molecule has 0 saturated carbocycles. The third-order valence-corrected chi connectivity index (χ3v) is 1.85. The topological polar surface area (TPSA) is 101 Å². The van der Waals surface area contributed by atoms with Crippen LogP contribution in [0.5, 0.6) is 0 Å². The molecule has 1 aromatic rings. The summed E-state index contributed by atoms with van der Waals surface area (Å²) in [5.41, 5.74) is -0.0516. The van der Waals surface area contributed by atoms with Crippen LogP contribution in [0.4, 0.5) is 10.5 Å². The molecular weight excluding hydrogens is 226 g/mol. The second-order valence-electron chi connectivity index (χ2n) is 3.08. The summed E-state index contributed by atoms with van der Waals surface area (Å²) >= 11 is 0. The van der Waals surface area contributed by atoms with E-state index >= 15 is 0 Å². The highest BCUT2D eigenvalue weighted by Crippen LogP contribution is 2.11. The number of carboxylic acid groups (broad SMARTS) is 1. The van der Waals surface area contributed by atoms with E-state index in [1.807, 2.05) is 0 Å². The fraction of sp³-hybridized carbons (Fsp3) is 0.300. The van der Waals surface area contributed by atoms with Gasteiger partial charge in [-0.2, -0.15) is 0 Å². The van der Waals surface area contributed by atoms with Gasteiger partial charge in [-0.1, -0.05) is 0 Å². The lowest BCUT2D eigenvalue weighted by Crippen LogP contribution is -2.32.